The standard InChI is InChI=1S/C12H23NO6S/c1-11(2,3)19-9(14)7-8(10(15)16)13-20(17,18)12(4,5)6/h8,13H,7H2,1-6H3,(H,15,16)/t8-/m0/s1. The third-order valence-electron chi connectivity index (χ3n) is 2.19. The second-order valence-corrected chi connectivity index (χ2v) is 8.88. The van der Waals surface area contributed by atoms with Crippen LogP contribution in [0.1, 0.15) is 48.0 Å². The third-order valence-corrected chi connectivity index (χ3v) is 4.40. The van der Waals surface area contributed by atoms with E-state index in [1.54, 1.807) is 20.8 Å². The van der Waals surface area contributed by atoms with Crippen molar-refractivity contribution in [3.63, 3.8) is 0 Å². The van der Waals surface area contributed by atoms with E-state index in [0.29, 0.717) is 0 Å². The summed E-state index contributed by atoms with van der Waals surface area (Å²) in [5.74, 6) is -2.20. The van der Waals surface area contributed by atoms with Crippen LogP contribution in [0.4, 0.5) is 0 Å². The van der Waals surface area contributed by atoms with Crippen molar-refractivity contribution in [2.24, 2.45) is 0 Å². The molecule has 0 spiro atoms. The zero-order valence-electron chi connectivity index (χ0n) is 12.7. The van der Waals surface area contributed by atoms with Gasteiger partial charge in [-0.1, -0.05) is 0 Å². The minimum absolute atomic E-state index is 0.568. The summed E-state index contributed by atoms with van der Waals surface area (Å²) in [5, 5.41) is 9.01. The number of hydrogen-bond donors (Lipinski definition) is 2. The average Bonchev–Trinajstić information content (AvgIpc) is 2.10. The fraction of sp³-hybridized carbons (Fsp3) is 0.833. The molecule has 0 aromatic rings. The molecule has 0 radical (unpaired) electrons. The Morgan fingerprint density at radius 3 is 1.90 bits per heavy atom. The Bertz CT molecular complexity index is 469. The Balaban J connectivity index is 4.95. The fourth-order valence-electron chi connectivity index (χ4n) is 1.09. The first-order chi connectivity index (χ1) is 8.66. The van der Waals surface area contributed by atoms with Crippen LogP contribution in [0.2, 0.25) is 0 Å². The second kappa shape index (κ2) is 6.09. The van der Waals surface area contributed by atoms with Crippen molar-refractivity contribution >= 4 is 22.0 Å². The number of nitrogens with one attached hydrogen (secondary N) is 1. The molecule has 0 fully saturated rings. The van der Waals surface area contributed by atoms with Crippen molar-refractivity contribution in [3.8, 4) is 0 Å². The van der Waals surface area contributed by atoms with Crippen LogP contribution in [0.15, 0.2) is 0 Å². The molecule has 0 aromatic heterocycles. The van der Waals surface area contributed by atoms with E-state index in [0.717, 1.165) is 0 Å². The van der Waals surface area contributed by atoms with E-state index >= 15 is 0 Å². The molecule has 0 saturated heterocycles. The van der Waals surface area contributed by atoms with E-state index < -0.39 is 44.8 Å². The van der Waals surface area contributed by atoms with Crippen molar-refractivity contribution in [2.75, 3.05) is 0 Å². The third kappa shape index (κ3) is 6.33. The largest absolute Gasteiger partial charge is 0.480 e. The van der Waals surface area contributed by atoms with Crippen LogP contribution < -0.4 is 4.72 Å². The molecule has 0 rings (SSSR count). The molecule has 20 heavy (non-hydrogen) atoms. The summed E-state index contributed by atoms with van der Waals surface area (Å²) in [5.41, 5.74) is -0.761. The summed E-state index contributed by atoms with van der Waals surface area (Å²) in [4.78, 5) is 22.7. The Morgan fingerprint density at radius 1 is 1.15 bits per heavy atom. The first-order valence-electron chi connectivity index (χ1n) is 6.12. The highest BCUT2D eigenvalue weighted by Crippen LogP contribution is 2.15. The Kier molecular flexibility index (Phi) is 5.74. The fourth-order valence-corrected chi connectivity index (χ4v) is 2.01. The van der Waals surface area contributed by atoms with Gasteiger partial charge in [-0.25, -0.2) is 8.42 Å². The van der Waals surface area contributed by atoms with Gasteiger partial charge in [0.25, 0.3) is 0 Å². The lowest BCUT2D eigenvalue weighted by Gasteiger charge is -2.24. The topological polar surface area (TPSA) is 110 Å². The summed E-state index contributed by atoms with van der Waals surface area (Å²) in [6.45, 7) is 9.21. The highest BCUT2D eigenvalue weighted by molar-refractivity contribution is 7.90. The van der Waals surface area contributed by atoms with Crippen LogP contribution in [0.5, 0.6) is 0 Å². The number of sulfonamides is 1. The number of hydrogen-bond acceptors (Lipinski definition) is 5. The maximum atomic E-state index is 11.9. The van der Waals surface area contributed by atoms with Crippen molar-refractivity contribution < 1.29 is 27.9 Å². The molecule has 2 N–H and O–H groups in total. The van der Waals surface area contributed by atoms with Gasteiger partial charge in [-0.15, -0.1) is 0 Å². The lowest BCUT2D eigenvalue weighted by Crippen LogP contribution is -2.49. The van der Waals surface area contributed by atoms with Crippen LogP contribution in [0.25, 0.3) is 0 Å². The van der Waals surface area contributed by atoms with E-state index in [2.05, 4.69) is 0 Å². The molecule has 1 atom stereocenters. The molecule has 0 aliphatic carbocycles. The Labute approximate surface area is 119 Å². The molecular weight excluding hydrogens is 286 g/mol. The number of carboxylic acid groups (broad SMARTS) is 1. The SMILES string of the molecule is CC(C)(C)OC(=O)C[C@H](NS(=O)(=O)C(C)(C)C)C(=O)O. The van der Waals surface area contributed by atoms with E-state index in [9.17, 15) is 18.0 Å². The predicted molar refractivity (Wildman–Crippen MR) is 73.7 cm³/mol. The maximum Gasteiger partial charge on any atom is 0.322 e. The van der Waals surface area contributed by atoms with Crippen LogP contribution in [0, 0.1) is 0 Å². The second-order valence-electron chi connectivity index (χ2n) is 6.42. The van der Waals surface area contributed by atoms with Crippen LogP contribution >= 0.6 is 0 Å². The van der Waals surface area contributed by atoms with Crippen molar-refractivity contribution in [1.82, 2.24) is 4.72 Å². The van der Waals surface area contributed by atoms with Gasteiger partial charge in [0.2, 0.25) is 10.0 Å². The van der Waals surface area contributed by atoms with Gasteiger partial charge in [0.1, 0.15) is 11.6 Å². The number of rotatable bonds is 5. The number of carboxylic acids is 1. The lowest BCUT2D eigenvalue weighted by molar-refractivity contribution is -0.158. The molecule has 7 nitrogen and oxygen atoms in total. The van der Waals surface area contributed by atoms with Gasteiger partial charge in [-0.05, 0) is 41.5 Å². The van der Waals surface area contributed by atoms with E-state index in [1.165, 1.54) is 20.8 Å². The zero-order valence-corrected chi connectivity index (χ0v) is 13.5. The average molecular weight is 309 g/mol. The molecule has 0 aromatic carbocycles. The zero-order chi connectivity index (χ0) is 16.4. The first kappa shape index (κ1) is 18.9. The monoisotopic (exact) mass is 309 g/mol. The molecule has 118 valence electrons. The van der Waals surface area contributed by atoms with Gasteiger partial charge in [0.15, 0.2) is 0 Å². The molecule has 8 heteroatoms. The predicted octanol–water partition coefficient (Wildman–Crippen LogP) is 0.889. The summed E-state index contributed by atoms with van der Waals surface area (Å²) >= 11 is 0. The Hall–Kier alpha value is -1.15. The van der Waals surface area contributed by atoms with Crippen molar-refractivity contribution in [3.05, 3.63) is 0 Å². The molecule has 0 saturated carbocycles. The van der Waals surface area contributed by atoms with Crippen molar-refractivity contribution in [1.29, 1.82) is 0 Å². The van der Waals surface area contributed by atoms with Gasteiger partial charge < -0.3 is 9.84 Å². The minimum Gasteiger partial charge on any atom is -0.480 e. The molecular formula is C12H23NO6S. The smallest absolute Gasteiger partial charge is 0.322 e. The van der Waals surface area contributed by atoms with Gasteiger partial charge in [-0.3, -0.25) is 9.59 Å². The van der Waals surface area contributed by atoms with Crippen LogP contribution in [0.3, 0.4) is 0 Å². The van der Waals surface area contributed by atoms with E-state index in [-0.39, 0.29) is 0 Å². The van der Waals surface area contributed by atoms with Crippen LogP contribution in [-0.2, 0) is 24.3 Å². The number of carbonyl (C=O) groups excluding carboxylic acids is 1. The maximum absolute atomic E-state index is 11.9. The number of carbonyl (C=O) groups is 2. The van der Waals surface area contributed by atoms with Gasteiger partial charge in [0, 0.05) is 0 Å². The number of ether oxygens (including phenoxy) is 1. The highest BCUT2D eigenvalue weighted by atomic mass is 32.2. The molecule has 0 heterocycles. The molecule has 0 unspecified atom stereocenters. The molecule has 0 aliphatic heterocycles. The van der Waals surface area contributed by atoms with Gasteiger partial charge >= 0.3 is 11.9 Å². The lowest BCUT2D eigenvalue weighted by atomic mass is 10.2. The van der Waals surface area contributed by atoms with Crippen LogP contribution in [-0.4, -0.2) is 41.9 Å². The molecule has 0 aliphatic rings. The van der Waals surface area contributed by atoms with Gasteiger partial charge in [0.05, 0.1) is 11.2 Å². The van der Waals surface area contributed by atoms with E-state index in [1.807, 2.05) is 4.72 Å². The normalized spacial score (nSPS) is 14.7. The van der Waals surface area contributed by atoms with Gasteiger partial charge in [-0.2, -0.15) is 4.72 Å². The summed E-state index contributed by atoms with van der Waals surface area (Å²) < 4.78 is 29.6. The molecule has 0 amide bonds. The van der Waals surface area contributed by atoms with E-state index in [4.69, 9.17) is 9.84 Å². The molecule has 0 bridgehead atoms. The summed E-state index contributed by atoms with van der Waals surface area (Å²) in [6.07, 6.45) is -0.568. The quantitative estimate of drug-likeness (QED) is 0.730. The first-order valence-corrected chi connectivity index (χ1v) is 7.60. The Morgan fingerprint density at radius 2 is 1.60 bits per heavy atom. The number of esters is 1. The van der Waals surface area contributed by atoms with Crippen molar-refractivity contribution in [2.45, 2.75) is 64.4 Å². The number of aliphatic carboxylic acids is 1. The minimum atomic E-state index is -3.87. The summed E-state index contributed by atoms with van der Waals surface area (Å²) in [6, 6.07) is -1.55. The summed E-state index contributed by atoms with van der Waals surface area (Å²) in [7, 11) is -3.87. The highest BCUT2D eigenvalue weighted by Gasteiger charge is 2.35.